The van der Waals surface area contributed by atoms with E-state index in [1.807, 2.05) is 54.2 Å². The molecule has 1 aromatic carbocycles. The van der Waals surface area contributed by atoms with Crippen LogP contribution in [0.5, 0.6) is 0 Å². The van der Waals surface area contributed by atoms with Crippen molar-refractivity contribution in [2.75, 3.05) is 0 Å². The van der Waals surface area contributed by atoms with Gasteiger partial charge in [-0.3, -0.25) is 9.13 Å². The van der Waals surface area contributed by atoms with Gasteiger partial charge in [-0.25, -0.2) is 14.8 Å². The zero-order valence-electron chi connectivity index (χ0n) is 19.2. The minimum atomic E-state index is 0.0464. The third kappa shape index (κ3) is 3.49. The van der Waals surface area contributed by atoms with E-state index in [2.05, 4.69) is 21.5 Å². The SMILES string of the molecule is Cc1nc(-c2ccc(Cl)cc2)sc1Cn1c(=O)n([C@H]2CCCC[C@H]2C)c2c3cc[nH]c3ncc21. The number of pyridine rings is 1. The Morgan fingerprint density at radius 3 is 2.76 bits per heavy atom. The van der Waals surface area contributed by atoms with Crippen LogP contribution in [0.25, 0.3) is 32.6 Å². The quantitative estimate of drug-likeness (QED) is 0.309. The highest BCUT2D eigenvalue weighted by Gasteiger charge is 2.29. The molecule has 5 aromatic rings. The summed E-state index contributed by atoms with van der Waals surface area (Å²) in [5.41, 5.74) is 4.73. The first-order valence-corrected chi connectivity index (χ1v) is 13.0. The molecule has 1 N–H and O–H groups in total. The third-order valence-electron chi connectivity index (χ3n) is 7.19. The van der Waals surface area contributed by atoms with Gasteiger partial charge in [0, 0.05) is 33.1 Å². The van der Waals surface area contributed by atoms with Gasteiger partial charge in [-0.05, 0) is 43.9 Å². The molecular weight excluding hydrogens is 466 g/mol. The normalized spacial score (nSPS) is 18.8. The largest absolute Gasteiger partial charge is 0.346 e. The number of H-pyrrole nitrogens is 1. The average Bonchev–Trinajstić information content (AvgIpc) is 3.52. The summed E-state index contributed by atoms with van der Waals surface area (Å²) in [7, 11) is 0. The van der Waals surface area contributed by atoms with Gasteiger partial charge in [-0.1, -0.05) is 43.5 Å². The summed E-state index contributed by atoms with van der Waals surface area (Å²) in [4.78, 5) is 27.7. The Hall–Kier alpha value is -2.90. The van der Waals surface area contributed by atoms with Crippen LogP contribution in [0.2, 0.25) is 5.02 Å². The van der Waals surface area contributed by atoms with Crippen LogP contribution in [0.1, 0.15) is 49.2 Å². The number of thiazole rings is 1. The van der Waals surface area contributed by atoms with Crippen molar-refractivity contribution < 1.29 is 0 Å². The number of fused-ring (bicyclic) bond motifs is 3. The fraction of sp³-hybridized carbons (Fsp3) is 0.346. The topological polar surface area (TPSA) is 68.5 Å². The lowest BCUT2D eigenvalue weighted by Gasteiger charge is -2.29. The van der Waals surface area contributed by atoms with E-state index in [0.29, 0.717) is 17.5 Å². The van der Waals surface area contributed by atoms with Gasteiger partial charge >= 0.3 is 5.69 Å². The van der Waals surface area contributed by atoms with Crippen molar-refractivity contribution in [3.63, 3.8) is 0 Å². The van der Waals surface area contributed by atoms with Crippen LogP contribution in [0.3, 0.4) is 0 Å². The third-order valence-corrected chi connectivity index (χ3v) is 8.63. The van der Waals surface area contributed by atoms with Crippen LogP contribution < -0.4 is 5.69 Å². The molecule has 0 spiro atoms. The van der Waals surface area contributed by atoms with Gasteiger partial charge in [-0.2, -0.15) is 0 Å². The number of imidazole rings is 1. The second-order valence-corrected chi connectivity index (χ2v) is 10.9. The van der Waals surface area contributed by atoms with E-state index in [1.165, 1.54) is 6.42 Å². The van der Waals surface area contributed by atoms with Crippen molar-refractivity contribution in [3.8, 4) is 10.6 Å². The summed E-state index contributed by atoms with van der Waals surface area (Å²) in [6.45, 7) is 4.78. The first-order valence-electron chi connectivity index (χ1n) is 11.8. The van der Waals surface area contributed by atoms with Gasteiger partial charge in [-0.15, -0.1) is 11.3 Å². The van der Waals surface area contributed by atoms with E-state index >= 15 is 0 Å². The molecule has 174 valence electrons. The standard InChI is InChI=1S/C26H26ClN5OS/c1-15-5-3-4-6-20(15)32-23-19-11-12-28-24(19)29-13-21(23)31(26(32)33)14-22-16(2)30-25(34-22)17-7-9-18(27)10-8-17/h7-13,15,20H,3-6,14H2,1-2H3,(H,28,29)/t15-,20+/m1/s1. The maximum absolute atomic E-state index is 14.0. The summed E-state index contributed by atoms with van der Waals surface area (Å²) < 4.78 is 3.95. The summed E-state index contributed by atoms with van der Waals surface area (Å²) in [6.07, 6.45) is 8.33. The number of rotatable bonds is 4. The highest BCUT2D eigenvalue weighted by molar-refractivity contribution is 7.15. The fourth-order valence-electron chi connectivity index (χ4n) is 5.34. The van der Waals surface area contributed by atoms with Crippen LogP contribution in [0.15, 0.2) is 47.5 Å². The lowest BCUT2D eigenvalue weighted by molar-refractivity contribution is 0.256. The van der Waals surface area contributed by atoms with Gasteiger partial charge in [0.25, 0.3) is 0 Å². The fourth-order valence-corrected chi connectivity index (χ4v) is 6.52. The maximum atomic E-state index is 14.0. The molecule has 1 saturated carbocycles. The zero-order valence-corrected chi connectivity index (χ0v) is 20.8. The summed E-state index contributed by atoms with van der Waals surface area (Å²) in [5, 5.41) is 2.65. The highest BCUT2D eigenvalue weighted by atomic mass is 35.5. The van der Waals surface area contributed by atoms with Crippen LogP contribution in [0.4, 0.5) is 0 Å². The molecule has 6 nitrogen and oxygen atoms in total. The molecular formula is C26H26ClN5OS. The Kier molecular flexibility index (Phi) is 5.34. The zero-order chi connectivity index (χ0) is 23.4. The Morgan fingerprint density at radius 1 is 1.18 bits per heavy atom. The van der Waals surface area contributed by atoms with Gasteiger partial charge in [0.1, 0.15) is 10.7 Å². The molecule has 1 aliphatic carbocycles. The predicted molar refractivity (Wildman–Crippen MR) is 139 cm³/mol. The second kappa shape index (κ2) is 8.40. The lowest BCUT2D eigenvalue weighted by Crippen LogP contribution is -2.32. The molecule has 0 unspecified atom stereocenters. The van der Waals surface area contributed by atoms with Gasteiger partial charge in [0.15, 0.2) is 0 Å². The van der Waals surface area contributed by atoms with Crippen molar-refractivity contribution in [2.45, 2.75) is 52.1 Å². The molecule has 6 rings (SSSR count). The number of halogens is 1. The molecule has 0 saturated heterocycles. The van der Waals surface area contributed by atoms with E-state index in [9.17, 15) is 4.79 Å². The first kappa shape index (κ1) is 21.6. The number of aryl methyl sites for hydroxylation is 1. The monoisotopic (exact) mass is 491 g/mol. The van der Waals surface area contributed by atoms with E-state index < -0.39 is 0 Å². The highest BCUT2D eigenvalue weighted by Crippen LogP contribution is 2.37. The molecule has 4 aromatic heterocycles. The average molecular weight is 492 g/mol. The van der Waals surface area contributed by atoms with E-state index in [-0.39, 0.29) is 11.7 Å². The molecule has 0 radical (unpaired) electrons. The van der Waals surface area contributed by atoms with Crippen LogP contribution in [0, 0.1) is 12.8 Å². The predicted octanol–water partition coefficient (Wildman–Crippen LogP) is 6.56. The van der Waals surface area contributed by atoms with Crippen molar-refractivity contribution in [1.29, 1.82) is 0 Å². The summed E-state index contributed by atoms with van der Waals surface area (Å²) in [5.74, 6) is 0.467. The van der Waals surface area contributed by atoms with E-state index in [1.54, 1.807) is 11.3 Å². The molecule has 1 fully saturated rings. The Bertz CT molecular complexity index is 1560. The summed E-state index contributed by atoms with van der Waals surface area (Å²) in [6, 6.07) is 9.97. The maximum Gasteiger partial charge on any atom is 0.329 e. The van der Waals surface area contributed by atoms with E-state index in [4.69, 9.17) is 16.6 Å². The van der Waals surface area contributed by atoms with E-state index in [0.717, 1.165) is 62.5 Å². The number of hydrogen-bond acceptors (Lipinski definition) is 4. The van der Waals surface area contributed by atoms with Crippen molar-refractivity contribution in [3.05, 3.63) is 68.8 Å². The smallest absolute Gasteiger partial charge is 0.329 e. The minimum Gasteiger partial charge on any atom is -0.346 e. The Balaban J connectivity index is 1.50. The minimum absolute atomic E-state index is 0.0464. The molecule has 0 aliphatic heterocycles. The molecule has 4 heterocycles. The molecule has 34 heavy (non-hydrogen) atoms. The number of benzene rings is 1. The van der Waals surface area contributed by atoms with Gasteiger partial charge in [0.2, 0.25) is 0 Å². The molecule has 8 heteroatoms. The lowest BCUT2D eigenvalue weighted by atomic mass is 9.85. The van der Waals surface area contributed by atoms with Crippen molar-refractivity contribution in [1.82, 2.24) is 24.1 Å². The number of hydrogen-bond donors (Lipinski definition) is 1. The van der Waals surface area contributed by atoms with Gasteiger partial charge < -0.3 is 4.98 Å². The van der Waals surface area contributed by atoms with Crippen molar-refractivity contribution in [2.24, 2.45) is 5.92 Å². The van der Waals surface area contributed by atoms with Crippen LogP contribution in [-0.2, 0) is 6.54 Å². The number of aromatic amines is 1. The molecule has 2 atom stereocenters. The van der Waals surface area contributed by atoms with Crippen LogP contribution >= 0.6 is 22.9 Å². The van der Waals surface area contributed by atoms with Crippen LogP contribution in [-0.4, -0.2) is 24.1 Å². The molecule has 1 aliphatic rings. The van der Waals surface area contributed by atoms with Gasteiger partial charge in [0.05, 0.1) is 29.5 Å². The second-order valence-electron chi connectivity index (χ2n) is 9.33. The summed E-state index contributed by atoms with van der Waals surface area (Å²) >= 11 is 7.69. The number of aromatic nitrogens is 5. The van der Waals surface area contributed by atoms with Crippen molar-refractivity contribution >= 4 is 45.0 Å². The number of nitrogens with zero attached hydrogens (tertiary/aromatic N) is 4. The molecule has 0 bridgehead atoms. The number of nitrogens with one attached hydrogen (secondary N) is 1. The first-order chi connectivity index (χ1) is 16.5. The molecule has 0 amide bonds. The Morgan fingerprint density at radius 2 is 1.97 bits per heavy atom. The Labute approximate surface area is 206 Å².